The van der Waals surface area contributed by atoms with Crippen LogP contribution in [0.1, 0.15) is 19.4 Å². The maximum absolute atomic E-state index is 5.87. The van der Waals surface area contributed by atoms with Crippen molar-refractivity contribution in [2.24, 2.45) is 10.7 Å². The molecule has 0 aliphatic carbocycles. The number of pyridine rings is 1. The molecule has 102 valence electrons. The molecule has 0 unspecified atom stereocenters. The third kappa shape index (κ3) is 5.07. The highest BCUT2D eigenvalue weighted by Crippen LogP contribution is 2.07. The summed E-state index contributed by atoms with van der Waals surface area (Å²) < 4.78 is 4.99. The van der Waals surface area contributed by atoms with Gasteiger partial charge in [0.25, 0.3) is 0 Å². The summed E-state index contributed by atoms with van der Waals surface area (Å²) in [6.45, 7) is 6.39. The van der Waals surface area contributed by atoms with Gasteiger partial charge >= 0.3 is 0 Å². The third-order valence-electron chi connectivity index (χ3n) is 2.52. The van der Waals surface area contributed by atoms with Crippen LogP contribution in [0.3, 0.4) is 0 Å². The van der Waals surface area contributed by atoms with E-state index in [4.69, 9.17) is 10.5 Å². The molecule has 18 heavy (non-hydrogen) atoms. The number of methoxy groups -OCH3 is 1. The van der Waals surface area contributed by atoms with Crippen molar-refractivity contribution < 1.29 is 4.74 Å². The lowest BCUT2D eigenvalue weighted by Gasteiger charge is -2.19. The molecule has 0 saturated carbocycles. The maximum atomic E-state index is 5.87. The molecule has 0 bridgehead atoms. The summed E-state index contributed by atoms with van der Waals surface area (Å²) in [5, 5.41) is 0. The number of rotatable bonds is 5. The predicted molar refractivity (Wildman–Crippen MR) is 84.5 cm³/mol. The van der Waals surface area contributed by atoms with Gasteiger partial charge in [-0.1, -0.05) is 6.07 Å². The van der Waals surface area contributed by atoms with E-state index in [1.807, 2.05) is 17.0 Å². The fraction of sp³-hybridized carbons (Fsp3) is 0.500. The number of guanidine groups is 1. The first kappa shape index (κ1) is 16.9. The summed E-state index contributed by atoms with van der Waals surface area (Å²) in [7, 11) is 1.60. The monoisotopic (exact) mass is 364 g/mol. The van der Waals surface area contributed by atoms with Crippen LogP contribution in [0.15, 0.2) is 23.3 Å². The lowest BCUT2D eigenvalue weighted by atomic mass is 10.3. The normalized spacial score (nSPS) is 10.7. The standard InChI is InChI=1S/C12H20N4O.HI/c1-4-16(5-2)12(13)15-9-10-6-7-11(17-3)14-8-10;/h6-8H,4-5,9H2,1-3H3,(H2,13,15);1H. The van der Waals surface area contributed by atoms with Gasteiger partial charge in [-0.25, -0.2) is 9.98 Å². The van der Waals surface area contributed by atoms with Crippen LogP contribution in [-0.2, 0) is 6.54 Å². The molecule has 0 amide bonds. The molecule has 2 N–H and O–H groups in total. The van der Waals surface area contributed by atoms with Gasteiger partial charge in [-0.05, 0) is 19.4 Å². The van der Waals surface area contributed by atoms with E-state index in [1.54, 1.807) is 13.3 Å². The molecule has 0 aliphatic rings. The fourth-order valence-electron chi connectivity index (χ4n) is 1.45. The molecule has 0 fully saturated rings. The minimum atomic E-state index is 0. The summed E-state index contributed by atoms with van der Waals surface area (Å²) in [6.07, 6.45) is 1.75. The van der Waals surface area contributed by atoms with E-state index in [2.05, 4.69) is 23.8 Å². The quantitative estimate of drug-likeness (QED) is 0.492. The van der Waals surface area contributed by atoms with Gasteiger partial charge in [0.15, 0.2) is 5.96 Å². The zero-order valence-corrected chi connectivity index (χ0v) is 13.4. The Morgan fingerprint density at radius 1 is 1.39 bits per heavy atom. The summed E-state index contributed by atoms with van der Waals surface area (Å²) >= 11 is 0. The van der Waals surface area contributed by atoms with Gasteiger partial charge in [-0.2, -0.15) is 0 Å². The summed E-state index contributed by atoms with van der Waals surface area (Å²) in [5.74, 6) is 1.18. The molecule has 1 aromatic rings. The second kappa shape index (κ2) is 8.96. The zero-order chi connectivity index (χ0) is 12.7. The van der Waals surface area contributed by atoms with Gasteiger partial charge in [0, 0.05) is 25.4 Å². The Balaban J connectivity index is 0.00000289. The SMILES string of the molecule is CCN(CC)C(N)=NCc1ccc(OC)nc1.I. The largest absolute Gasteiger partial charge is 0.481 e. The van der Waals surface area contributed by atoms with E-state index in [0.717, 1.165) is 18.7 Å². The van der Waals surface area contributed by atoms with Crippen LogP contribution in [0.2, 0.25) is 0 Å². The topological polar surface area (TPSA) is 63.7 Å². The van der Waals surface area contributed by atoms with Crippen molar-refractivity contribution in [2.75, 3.05) is 20.2 Å². The van der Waals surface area contributed by atoms with Crippen molar-refractivity contribution in [3.8, 4) is 5.88 Å². The van der Waals surface area contributed by atoms with Crippen molar-refractivity contribution >= 4 is 29.9 Å². The second-order valence-corrected chi connectivity index (χ2v) is 3.56. The number of aliphatic imine (C=N–C) groups is 1. The average Bonchev–Trinajstić information content (AvgIpc) is 2.38. The third-order valence-corrected chi connectivity index (χ3v) is 2.52. The molecule has 0 saturated heterocycles. The van der Waals surface area contributed by atoms with Crippen LogP contribution in [-0.4, -0.2) is 36.0 Å². The molecule has 0 atom stereocenters. The van der Waals surface area contributed by atoms with E-state index in [0.29, 0.717) is 18.4 Å². The Kier molecular flexibility index (Phi) is 8.43. The van der Waals surface area contributed by atoms with Crippen molar-refractivity contribution in [2.45, 2.75) is 20.4 Å². The Hall–Kier alpha value is -1.05. The highest BCUT2D eigenvalue weighted by atomic mass is 127. The first-order valence-electron chi connectivity index (χ1n) is 5.75. The first-order chi connectivity index (χ1) is 8.21. The molecule has 6 heteroatoms. The van der Waals surface area contributed by atoms with Crippen LogP contribution >= 0.6 is 24.0 Å². The van der Waals surface area contributed by atoms with Gasteiger partial charge in [0.1, 0.15) is 0 Å². The maximum Gasteiger partial charge on any atom is 0.212 e. The van der Waals surface area contributed by atoms with Gasteiger partial charge in [0.2, 0.25) is 5.88 Å². The van der Waals surface area contributed by atoms with Crippen molar-refractivity contribution in [3.05, 3.63) is 23.9 Å². The predicted octanol–water partition coefficient (Wildman–Crippen LogP) is 1.86. The second-order valence-electron chi connectivity index (χ2n) is 3.56. The van der Waals surface area contributed by atoms with Crippen LogP contribution in [0.4, 0.5) is 0 Å². The van der Waals surface area contributed by atoms with Crippen LogP contribution < -0.4 is 10.5 Å². The zero-order valence-electron chi connectivity index (χ0n) is 11.1. The minimum absolute atomic E-state index is 0. The minimum Gasteiger partial charge on any atom is -0.481 e. The molecule has 1 rings (SSSR count). The molecule has 5 nitrogen and oxygen atoms in total. The number of ether oxygens (including phenoxy) is 1. The highest BCUT2D eigenvalue weighted by Gasteiger charge is 2.01. The fourth-order valence-corrected chi connectivity index (χ4v) is 1.45. The summed E-state index contributed by atoms with van der Waals surface area (Å²) in [4.78, 5) is 10.5. The van der Waals surface area contributed by atoms with E-state index in [1.165, 1.54) is 0 Å². The lowest BCUT2D eigenvalue weighted by Crippen LogP contribution is -2.37. The molecule has 0 spiro atoms. The Morgan fingerprint density at radius 2 is 2.06 bits per heavy atom. The van der Waals surface area contributed by atoms with E-state index in [-0.39, 0.29) is 24.0 Å². The smallest absolute Gasteiger partial charge is 0.212 e. The van der Waals surface area contributed by atoms with Gasteiger partial charge in [0.05, 0.1) is 13.7 Å². The van der Waals surface area contributed by atoms with Gasteiger partial charge in [-0.15, -0.1) is 24.0 Å². The van der Waals surface area contributed by atoms with Crippen LogP contribution in [0, 0.1) is 0 Å². The Bertz CT molecular complexity index is 363. The number of aromatic nitrogens is 1. The van der Waals surface area contributed by atoms with Crippen LogP contribution in [0.5, 0.6) is 5.88 Å². The van der Waals surface area contributed by atoms with Crippen molar-refractivity contribution in [3.63, 3.8) is 0 Å². The van der Waals surface area contributed by atoms with Crippen molar-refractivity contribution in [1.29, 1.82) is 0 Å². The molecule has 1 aromatic heterocycles. The average molecular weight is 364 g/mol. The number of hydrogen-bond acceptors (Lipinski definition) is 3. The molecule has 0 aliphatic heterocycles. The number of nitrogens with zero attached hydrogens (tertiary/aromatic N) is 3. The Labute approximate surface area is 125 Å². The summed E-state index contributed by atoms with van der Waals surface area (Å²) in [6, 6.07) is 3.75. The molecular formula is C12H21IN4O. The number of halogens is 1. The number of hydrogen-bond donors (Lipinski definition) is 1. The van der Waals surface area contributed by atoms with Crippen molar-refractivity contribution in [1.82, 2.24) is 9.88 Å². The lowest BCUT2D eigenvalue weighted by molar-refractivity contribution is 0.397. The molecule has 1 heterocycles. The van der Waals surface area contributed by atoms with Gasteiger partial charge in [-0.3, -0.25) is 0 Å². The van der Waals surface area contributed by atoms with E-state index in [9.17, 15) is 0 Å². The van der Waals surface area contributed by atoms with Crippen LogP contribution in [0.25, 0.3) is 0 Å². The highest BCUT2D eigenvalue weighted by molar-refractivity contribution is 14.0. The molecular weight excluding hydrogens is 343 g/mol. The first-order valence-corrected chi connectivity index (χ1v) is 5.75. The van der Waals surface area contributed by atoms with Gasteiger partial charge < -0.3 is 15.4 Å². The van der Waals surface area contributed by atoms with E-state index >= 15 is 0 Å². The molecule has 0 aromatic carbocycles. The van der Waals surface area contributed by atoms with E-state index < -0.39 is 0 Å². The summed E-state index contributed by atoms with van der Waals surface area (Å²) in [5.41, 5.74) is 6.89. The number of nitrogens with two attached hydrogens (primary N) is 1. The Morgan fingerprint density at radius 3 is 2.50 bits per heavy atom. The molecule has 0 radical (unpaired) electrons.